The SMILES string of the molecule is CCCn1ccnc(NCc2cc(F)ccc2F)c1=O. The second-order valence-electron chi connectivity index (χ2n) is 4.36. The third kappa shape index (κ3) is 3.20. The fraction of sp³-hybridized carbons (Fsp3) is 0.286. The summed E-state index contributed by atoms with van der Waals surface area (Å²) in [5.41, 5.74) is -0.122. The summed E-state index contributed by atoms with van der Waals surface area (Å²) in [6.07, 6.45) is 3.92. The molecule has 0 fully saturated rings. The molecule has 0 radical (unpaired) electrons. The summed E-state index contributed by atoms with van der Waals surface area (Å²) in [4.78, 5) is 15.9. The van der Waals surface area contributed by atoms with Crippen LogP contribution < -0.4 is 10.9 Å². The first-order valence-electron chi connectivity index (χ1n) is 6.35. The maximum atomic E-state index is 13.5. The van der Waals surface area contributed by atoms with Gasteiger partial charge >= 0.3 is 0 Å². The lowest BCUT2D eigenvalue weighted by Crippen LogP contribution is -2.24. The van der Waals surface area contributed by atoms with Crippen LogP contribution in [0.5, 0.6) is 0 Å². The van der Waals surface area contributed by atoms with Gasteiger partial charge in [0.2, 0.25) is 0 Å². The van der Waals surface area contributed by atoms with Crippen molar-refractivity contribution in [2.75, 3.05) is 5.32 Å². The summed E-state index contributed by atoms with van der Waals surface area (Å²) in [5.74, 6) is -0.916. The average Bonchev–Trinajstić information content (AvgIpc) is 2.43. The van der Waals surface area contributed by atoms with Gasteiger partial charge in [0.25, 0.3) is 5.56 Å². The summed E-state index contributed by atoms with van der Waals surface area (Å²) in [6, 6.07) is 3.20. The van der Waals surface area contributed by atoms with E-state index < -0.39 is 11.6 Å². The van der Waals surface area contributed by atoms with E-state index in [4.69, 9.17) is 0 Å². The molecule has 1 heterocycles. The topological polar surface area (TPSA) is 46.9 Å². The highest BCUT2D eigenvalue weighted by Crippen LogP contribution is 2.10. The van der Waals surface area contributed by atoms with Crippen molar-refractivity contribution >= 4 is 5.82 Å². The number of nitrogens with zero attached hydrogens (tertiary/aromatic N) is 2. The number of benzene rings is 1. The number of hydrogen-bond acceptors (Lipinski definition) is 3. The summed E-state index contributed by atoms with van der Waals surface area (Å²) in [6.45, 7) is 2.55. The van der Waals surface area contributed by atoms with Gasteiger partial charge < -0.3 is 9.88 Å². The maximum Gasteiger partial charge on any atom is 0.293 e. The number of hydrogen-bond donors (Lipinski definition) is 1. The minimum Gasteiger partial charge on any atom is -0.361 e. The highest BCUT2D eigenvalue weighted by Gasteiger charge is 2.07. The third-order valence-electron chi connectivity index (χ3n) is 2.83. The molecule has 0 aliphatic carbocycles. The van der Waals surface area contributed by atoms with Crippen molar-refractivity contribution in [3.8, 4) is 0 Å². The van der Waals surface area contributed by atoms with E-state index in [0.717, 1.165) is 24.6 Å². The molecule has 1 N–H and O–H groups in total. The molecule has 0 amide bonds. The molecule has 0 spiro atoms. The highest BCUT2D eigenvalue weighted by atomic mass is 19.1. The highest BCUT2D eigenvalue weighted by molar-refractivity contribution is 5.33. The Morgan fingerprint density at radius 2 is 2.15 bits per heavy atom. The summed E-state index contributed by atoms with van der Waals surface area (Å²) >= 11 is 0. The summed E-state index contributed by atoms with van der Waals surface area (Å²) in [7, 11) is 0. The quantitative estimate of drug-likeness (QED) is 0.915. The first kappa shape index (κ1) is 14.2. The van der Waals surface area contributed by atoms with E-state index in [1.807, 2.05) is 6.92 Å². The molecule has 0 bridgehead atoms. The van der Waals surface area contributed by atoms with Gasteiger partial charge in [0, 0.05) is 31.0 Å². The molecule has 0 saturated heterocycles. The van der Waals surface area contributed by atoms with Crippen LogP contribution in [0.2, 0.25) is 0 Å². The molecule has 0 aliphatic rings. The Hall–Kier alpha value is -2.24. The van der Waals surface area contributed by atoms with E-state index >= 15 is 0 Å². The van der Waals surface area contributed by atoms with Crippen LogP contribution in [0.4, 0.5) is 14.6 Å². The van der Waals surface area contributed by atoms with Crippen molar-refractivity contribution in [3.05, 3.63) is 58.1 Å². The molecule has 2 rings (SSSR count). The van der Waals surface area contributed by atoms with Crippen molar-refractivity contribution < 1.29 is 8.78 Å². The van der Waals surface area contributed by atoms with Crippen molar-refractivity contribution in [1.29, 1.82) is 0 Å². The number of aromatic nitrogens is 2. The van der Waals surface area contributed by atoms with Gasteiger partial charge in [-0.3, -0.25) is 4.79 Å². The predicted octanol–water partition coefficient (Wildman–Crippen LogP) is 2.54. The van der Waals surface area contributed by atoms with E-state index in [1.54, 1.807) is 6.20 Å². The zero-order chi connectivity index (χ0) is 14.5. The molecular weight excluding hydrogens is 264 g/mol. The molecule has 20 heavy (non-hydrogen) atoms. The van der Waals surface area contributed by atoms with Gasteiger partial charge in [-0.25, -0.2) is 13.8 Å². The molecule has 2 aromatic rings. The largest absolute Gasteiger partial charge is 0.361 e. The Kier molecular flexibility index (Phi) is 4.45. The van der Waals surface area contributed by atoms with Crippen LogP contribution in [0.3, 0.4) is 0 Å². The lowest BCUT2D eigenvalue weighted by Gasteiger charge is -2.09. The summed E-state index contributed by atoms with van der Waals surface area (Å²) in [5, 5.41) is 2.74. The number of rotatable bonds is 5. The van der Waals surface area contributed by atoms with Crippen molar-refractivity contribution in [2.24, 2.45) is 0 Å². The van der Waals surface area contributed by atoms with Gasteiger partial charge in [-0.05, 0) is 24.6 Å². The first-order chi connectivity index (χ1) is 9.61. The van der Waals surface area contributed by atoms with E-state index in [0.29, 0.717) is 6.54 Å². The smallest absolute Gasteiger partial charge is 0.293 e. The Balaban J connectivity index is 2.17. The Bertz CT molecular complexity index is 655. The van der Waals surface area contributed by atoms with Gasteiger partial charge in [0.1, 0.15) is 11.6 Å². The van der Waals surface area contributed by atoms with Crippen LogP contribution in [0.25, 0.3) is 0 Å². The minimum atomic E-state index is -0.524. The van der Waals surface area contributed by atoms with Crippen LogP contribution in [0.1, 0.15) is 18.9 Å². The molecule has 0 saturated carbocycles. The first-order valence-corrected chi connectivity index (χ1v) is 6.35. The zero-order valence-corrected chi connectivity index (χ0v) is 11.1. The van der Waals surface area contributed by atoms with Gasteiger partial charge in [0.15, 0.2) is 5.82 Å². The molecule has 4 nitrogen and oxygen atoms in total. The van der Waals surface area contributed by atoms with Crippen LogP contribution in [-0.4, -0.2) is 9.55 Å². The lowest BCUT2D eigenvalue weighted by molar-refractivity contribution is 0.587. The number of halogens is 2. The molecule has 1 aromatic carbocycles. The Morgan fingerprint density at radius 3 is 2.90 bits per heavy atom. The van der Waals surface area contributed by atoms with Crippen molar-refractivity contribution in [2.45, 2.75) is 26.4 Å². The predicted molar refractivity (Wildman–Crippen MR) is 72.5 cm³/mol. The zero-order valence-electron chi connectivity index (χ0n) is 11.1. The van der Waals surface area contributed by atoms with Gasteiger partial charge in [0.05, 0.1) is 0 Å². The maximum absolute atomic E-state index is 13.5. The van der Waals surface area contributed by atoms with Crippen molar-refractivity contribution in [3.63, 3.8) is 0 Å². The molecule has 6 heteroatoms. The van der Waals surface area contributed by atoms with Gasteiger partial charge in [-0.2, -0.15) is 0 Å². The van der Waals surface area contributed by atoms with Crippen LogP contribution >= 0.6 is 0 Å². The standard InChI is InChI=1S/C14H15F2N3O/c1-2-6-19-7-5-17-13(14(19)20)18-9-10-8-11(15)3-4-12(10)16/h3-5,7-8H,2,6,9H2,1H3,(H,17,18). The minimum absolute atomic E-state index is 0.00196. The second kappa shape index (κ2) is 6.27. The Morgan fingerprint density at radius 1 is 1.35 bits per heavy atom. The number of anilines is 1. The molecule has 0 atom stereocenters. The van der Waals surface area contributed by atoms with Crippen molar-refractivity contribution in [1.82, 2.24) is 9.55 Å². The fourth-order valence-electron chi connectivity index (χ4n) is 1.84. The second-order valence-corrected chi connectivity index (χ2v) is 4.36. The van der Waals surface area contributed by atoms with Gasteiger partial charge in [-0.15, -0.1) is 0 Å². The normalized spacial score (nSPS) is 10.6. The average molecular weight is 279 g/mol. The van der Waals surface area contributed by atoms with E-state index in [9.17, 15) is 13.6 Å². The lowest BCUT2D eigenvalue weighted by atomic mass is 10.2. The number of nitrogens with one attached hydrogen (secondary N) is 1. The van der Waals surface area contributed by atoms with Crippen LogP contribution in [-0.2, 0) is 13.1 Å². The summed E-state index contributed by atoms with van der Waals surface area (Å²) < 4.78 is 28.0. The molecule has 1 aromatic heterocycles. The van der Waals surface area contributed by atoms with Gasteiger partial charge in [-0.1, -0.05) is 6.92 Å². The van der Waals surface area contributed by atoms with E-state index in [2.05, 4.69) is 10.3 Å². The fourth-order valence-corrected chi connectivity index (χ4v) is 1.84. The molecular formula is C14H15F2N3O. The van der Waals surface area contributed by atoms with E-state index in [1.165, 1.54) is 10.8 Å². The van der Waals surface area contributed by atoms with Crippen LogP contribution in [0, 0.1) is 11.6 Å². The van der Waals surface area contributed by atoms with E-state index in [-0.39, 0.29) is 23.5 Å². The molecule has 106 valence electrons. The third-order valence-corrected chi connectivity index (χ3v) is 2.83. The molecule has 0 aliphatic heterocycles. The monoisotopic (exact) mass is 279 g/mol. The Labute approximate surface area is 115 Å². The number of aryl methyl sites for hydroxylation is 1. The van der Waals surface area contributed by atoms with Crippen LogP contribution in [0.15, 0.2) is 35.4 Å². The molecule has 0 unspecified atom stereocenters.